The third-order valence-corrected chi connectivity index (χ3v) is 4.04. The lowest BCUT2D eigenvalue weighted by atomic mass is 9.71. The molecule has 2 fully saturated rings. The third-order valence-electron chi connectivity index (χ3n) is 4.04. The highest BCUT2D eigenvalue weighted by Crippen LogP contribution is 2.49. The highest BCUT2D eigenvalue weighted by atomic mass is 16.6. The molecule has 1 amide bonds. The second-order valence-electron chi connectivity index (χ2n) is 6.52. The number of hydrogen-bond donors (Lipinski definition) is 1. The Morgan fingerprint density at radius 2 is 2.12 bits per heavy atom. The number of carbonyl (C=O) groups is 1. The Morgan fingerprint density at radius 1 is 1.47 bits per heavy atom. The van der Waals surface area contributed by atoms with E-state index >= 15 is 0 Å². The van der Waals surface area contributed by atoms with E-state index in [2.05, 4.69) is 0 Å². The molecule has 0 aromatic rings. The summed E-state index contributed by atoms with van der Waals surface area (Å²) in [5.74, 6) is 0.598. The van der Waals surface area contributed by atoms with Gasteiger partial charge in [0.2, 0.25) is 0 Å². The lowest BCUT2D eigenvalue weighted by molar-refractivity contribution is -0.0484. The molecule has 1 aliphatic heterocycles. The summed E-state index contributed by atoms with van der Waals surface area (Å²) in [5, 5.41) is 0. The molecule has 4 heteroatoms. The molecule has 2 N–H and O–H groups in total. The van der Waals surface area contributed by atoms with Crippen molar-refractivity contribution in [3.63, 3.8) is 0 Å². The molecule has 0 bridgehead atoms. The van der Waals surface area contributed by atoms with Crippen LogP contribution in [0.4, 0.5) is 4.79 Å². The zero-order valence-electron chi connectivity index (χ0n) is 11.2. The van der Waals surface area contributed by atoms with Crippen molar-refractivity contribution in [1.82, 2.24) is 4.90 Å². The summed E-state index contributed by atoms with van der Waals surface area (Å²) in [5.41, 5.74) is 5.72. The first-order valence-corrected chi connectivity index (χ1v) is 6.54. The van der Waals surface area contributed by atoms with Gasteiger partial charge in [-0.1, -0.05) is 6.42 Å². The van der Waals surface area contributed by atoms with Crippen molar-refractivity contribution in [2.24, 2.45) is 17.1 Å². The average molecular weight is 240 g/mol. The standard InChI is InChI=1S/C13H24N2O2/c1-12(2,3)17-11(16)15-8-13(9-15)6-4-5-10(13)7-14/h10H,4-9,14H2,1-3H3. The summed E-state index contributed by atoms with van der Waals surface area (Å²) in [6.45, 7) is 8.13. The van der Waals surface area contributed by atoms with Crippen LogP contribution in [-0.4, -0.2) is 36.2 Å². The van der Waals surface area contributed by atoms with Gasteiger partial charge in [-0.05, 0) is 46.1 Å². The lowest BCUT2D eigenvalue weighted by Crippen LogP contribution is -2.61. The summed E-state index contributed by atoms with van der Waals surface area (Å²) in [6, 6.07) is 0. The Bertz CT molecular complexity index is 303. The maximum absolute atomic E-state index is 11.8. The van der Waals surface area contributed by atoms with Crippen molar-refractivity contribution < 1.29 is 9.53 Å². The van der Waals surface area contributed by atoms with Gasteiger partial charge in [0.05, 0.1) is 0 Å². The summed E-state index contributed by atoms with van der Waals surface area (Å²) >= 11 is 0. The van der Waals surface area contributed by atoms with Crippen LogP contribution in [0, 0.1) is 11.3 Å². The topological polar surface area (TPSA) is 55.6 Å². The van der Waals surface area contributed by atoms with E-state index in [1.165, 1.54) is 19.3 Å². The molecule has 1 spiro atoms. The monoisotopic (exact) mass is 240 g/mol. The fraction of sp³-hybridized carbons (Fsp3) is 0.923. The van der Waals surface area contributed by atoms with Crippen LogP contribution in [0.15, 0.2) is 0 Å². The van der Waals surface area contributed by atoms with Crippen molar-refractivity contribution in [2.75, 3.05) is 19.6 Å². The predicted molar refractivity (Wildman–Crippen MR) is 66.6 cm³/mol. The van der Waals surface area contributed by atoms with E-state index in [9.17, 15) is 4.79 Å². The molecule has 1 saturated heterocycles. The van der Waals surface area contributed by atoms with Gasteiger partial charge in [-0.3, -0.25) is 0 Å². The Kier molecular flexibility index (Phi) is 3.10. The van der Waals surface area contributed by atoms with E-state index < -0.39 is 5.60 Å². The van der Waals surface area contributed by atoms with Gasteiger partial charge >= 0.3 is 6.09 Å². The Balaban J connectivity index is 1.88. The number of likely N-dealkylation sites (tertiary alicyclic amines) is 1. The molecule has 1 heterocycles. The highest BCUT2D eigenvalue weighted by molar-refractivity contribution is 5.69. The second-order valence-corrected chi connectivity index (χ2v) is 6.52. The number of amides is 1. The van der Waals surface area contributed by atoms with Gasteiger partial charge in [0.15, 0.2) is 0 Å². The van der Waals surface area contributed by atoms with Crippen LogP contribution >= 0.6 is 0 Å². The molecular weight excluding hydrogens is 216 g/mol. The molecule has 1 atom stereocenters. The average Bonchev–Trinajstić information content (AvgIpc) is 2.55. The molecule has 2 aliphatic rings. The number of ether oxygens (including phenoxy) is 1. The van der Waals surface area contributed by atoms with E-state index in [-0.39, 0.29) is 6.09 Å². The molecule has 98 valence electrons. The maximum atomic E-state index is 11.8. The van der Waals surface area contributed by atoms with E-state index in [0.717, 1.165) is 19.6 Å². The minimum Gasteiger partial charge on any atom is -0.444 e. The van der Waals surface area contributed by atoms with Gasteiger partial charge in [-0.25, -0.2) is 4.79 Å². The first kappa shape index (κ1) is 12.7. The van der Waals surface area contributed by atoms with E-state index in [1.54, 1.807) is 0 Å². The van der Waals surface area contributed by atoms with Crippen LogP contribution in [0.5, 0.6) is 0 Å². The summed E-state index contributed by atoms with van der Waals surface area (Å²) < 4.78 is 5.37. The Morgan fingerprint density at radius 3 is 2.65 bits per heavy atom. The molecule has 1 unspecified atom stereocenters. The van der Waals surface area contributed by atoms with Crippen molar-refractivity contribution >= 4 is 6.09 Å². The van der Waals surface area contributed by atoms with Crippen molar-refractivity contribution in [2.45, 2.75) is 45.6 Å². The van der Waals surface area contributed by atoms with Crippen molar-refractivity contribution in [1.29, 1.82) is 0 Å². The van der Waals surface area contributed by atoms with Crippen molar-refractivity contribution in [3.8, 4) is 0 Å². The summed E-state index contributed by atoms with van der Waals surface area (Å²) in [4.78, 5) is 13.7. The van der Waals surface area contributed by atoms with E-state index in [0.29, 0.717) is 11.3 Å². The van der Waals surface area contributed by atoms with Crippen LogP contribution in [0.1, 0.15) is 40.0 Å². The maximum Gasteiger partial charge on any atom is 0.410 e. The predicted octanol–water partition coefficient (Wildman–Crippen LogP) is 1.98. The number of carbonyl (C=O) groups excluding carboxylic acids is 1. The largest absolute Gasteiger partial charge is 0.444 e. The molecular formula is C13H24N2O2. The zero-order valence-corrected chi connectivity index (χ0v) is 11.2. The summed E-state index contributed by atoms with van der Waals surface area (Å²) in [6.07, 6.45) is 3.52. The smallest absolute Gasteiger partial charge is 0.410 e. The molecule has 1 aliphatic carbocycles. The first-order chi connectivity index (χ1) is 7.86. The molecule has 0 aromatic heterocycles. The highest BCUT2D eigenvalue weighted by Gasteiger charge is 2.52. The summed E-state index contributed by atoms with van der Waals surface area (Å²) in [7, 11) is 0. The zero-order chi connectivity index (χ0) is 12.7. The molecule has 4 nitrogen and oxygen atoms in total. The number of hydrogen-bond acceptors (Lipinski definition) is 3. The minimum atomic E-state index is -0.400. The van der Waals surface area contributed by atoms with Gasteiger partial charge in [0.25, 0.3) is 0 Å². The van der Waals surface area contributed by atoms with Crippen molar-refractivity contribution in [3.05, 3.63) is 0 Å². The fourth-order valence-corrected chi connectivity index (χ4v) is 3.16. The molecule has 1 saturated carbocycles. The SMILES string of the molecule is CC(C)(C)OC(=O)N1CC2(CCCC2CN)C1. The second kappa shape index (κ2) is 4.16. The quantitative estimate of drug-likeness (QED) is 0.762. The van der Waals surface area contributed by atoms with Crippen LogP contribution in [-0.2, 0) is 4.74 Å². The van der Waals surface area contributed by atoms with Gasteiger partial charge in [-0.15, -0.1) is 0 Å². The van der Waals surface area contributed by atoms with Crippen LogP contribution in [0.2, 0.25) is 0 Å². The molecule has 17 heavy (non-hydrogen) atoms. The molecule has 0 aromatic carbocycles. The van der Waals surface area contributed by atoms with Crippen LogP contribution in [0.25, 0.3) is 0 Å². The van der Waals surface area contributed by atoms with E-state index in [4.69, 9.17) is 10.5 Å². The minimum absolute atomic E-state index is 0.175. The van der Waals surface area contributed by atoms with Gasteiger partial charge in [-0.2, -0.15) is 0 Å². The van der Waals surface area contributed by atoms with Crippen LogP contribution < -0.4 is 5.73 Å². The fourth-order valence-electron chi connectivity index (χ4n) is 3.16. The molecule has 0 radical (unpaired) electrons. The van der Waals surface area contributed by atoms with Crippen LogP contribution in [0.3, 0.4) is 0 Å². The van der Waals surface area contributed by atoms with Gasteiger partial charge < -0.3 is 15.4 Å². The first-order valence-electron chi connectivity index (χ1n) is 6.54. The lowest BCUT2D eigenvalue weighted by Gasteiger charge is -2.51. The van der Waals surface area contributed by atoms with E-state index in [1.807, 2.05) is 25.7 Å². The Hall–Kier alpha value is -0.770. The molecule has 2 rings (SSSR count). The Labute approximate surface area is 103 Å². The van der Waals surface area contributed by atoms with Gasteiger partial charge in [0.1, 0.15) is 5.60 Å². The van der Waals surface area contributed by atoms with Gasteiger partial charge in [0, 0.05) is 18.5 Å². The normalized spacial score (nSPS) is 27.1. The third kappa shape index (κ3) is 2.41. The number of nitrogens with two attached hydrogens (primary N) is 1. The number of nitrogens with zero attached hydrogens (tertiary/aromatic N) is 1. The number of rotatable bonds is 1.